The predicted octanol–water partition coefficient (Wildman–Crippen LogP) is 4.68. The van der Waals surface area contributed by atoms with Gasteiger partial charge in [0.25, 0.3) is 0 Å². The van der Waals surface area contributed by atoms with E-state index in [0.717, 1.165) is 33.6 Å². The molecule has 122 valence electrons. The fraction of sp³-hybridized carbons (Fsp3) is 0.0500. The summed E-state index contributed by atoms with van der Waals surface area (Å²) in [5, 5.41) is 10.9. The van der Waals surface area contributed by atoms with Crippen LogP contribution in [0.15, 0.2) is 78.4 Å². The van der Waals surface area contributed by atoms with Gasteiger partial charge in [-0.25, -0.2) is 0 Å². The highest BCUT2D eigenvalue weighted by atomic mass is 35.5. The van der Waals surface area contributed by atoms with Crippen LogP contribution in [0.3, 0.4) is 0 Å². The summed E-state index contributed by atoms with van der Waals surface area (Å²) in [6, 6.07) is 16.2. The predicted molar refractivity (Wildman–Crippen MR) is 106 cm³/mol. The molecule has 1 aliphatic rings. The van der Waals surface area contributed by atoms with Crippen LogP contribution in [0.2, 0.25) is 0 Å². The van der Waals surface area contributed by atoms with E-state index in [1.54, 1.807) is 0 Å². The Hall–Kier alpha value is -2.78. The number of anilines is 2. The molecule has 0 unspecified atom stereocenters. The lowest BCUT2D eigenvalue weighted by atomic mass is 9.90. The largest absolute Gasteiger partial charge is 0.399 e. The number of nitrogens with one attached hydrogen (secondary N) is 2. The lowest BCUT2D eigenvalue weighted by Crippen LogP contribution is -1.98. The van der Waals surface area contributed by atoms with Gasteiger partial charge in [0.15, 0.2) is 0 Å². The van der Waals surface area contributed by atoms with E-state index >= 15 is 0 Å². The van der Waals surface area contributed by atoms with Gasteiger partial charge in [0.2, 0.25) is 0 Å². The third kappa shape index (κ3) is 3.76. The zero-order valence-electron chi connectivity index (χ0n) is 13.4. The molecule has 4 heteroatoms. The molecule has 0 heterocycles. The molecule has 0 amide bonds. The number of hydrogen-bond donors (Lipinski definition) is 3. The second-order valence-electron chi connectivity index (χ2n) is 5.41. The quantitative estimate of drug-likeness (QED) is 0.712. The van der Waals surface area contributed by atoms with Crippen molar-refractivity contribution in [2.75, 3.05) is 18.1 Å². The Bertz CT molecular complexity index is 812. The average molecular weight is 338 g/mol. The molecule has 0 saturated carbocycles. The fourth-order valence-electron chi connectivity index (χ4n) is 2.62. The van der Waals surface area contributed by atoms with Crippen LogP contribution in [0.25, 0.3) is 5.57 Å². The van der Waals surface area contributed by atoms with Gasteiger partial charge in [-0.2, -0.15) is 0 Å². The summed E-state index contributed by atoms with van der Waals surface area (Å²) in [6.07, 6.45) is 7.60. The monoisotopic (exact) mass is 337 g/mol. The third-order valence-corrected chi connectivity index (χ3v) is 3.81. The topological polar surface area (TPSA) is 61.9 Å². The Balaban J connectivity index is 0.00000208. The number of halogens is 1. The summed E-state index contributed by atoms with van der Waals surface area (Å²) in [5.41, 5.74) is 12.6. The highest BCUT2D eigenvalue weighted by Gasteiger charge is 2.11. The maximum atomic E-state index is 7.70. The summed E-state index contributed by atoms with van der Waals surface area (Å²) in [4.78, 5) is 0. The first kappa shape index (κ1) is 17.6. The van der Waals surface area contributed by atoms with Gasteiger partial charge in [-0.1, -0.05) is 36.4 Å². The van der Waals surface area contributed by atoms with Crippen LogP contribution in [-0.4, -0.2) is 12.8 Å². The molecule has 0 bridgehead atoms. The second kappa shape index (κ2) is 7.66. The van der Waals surface area contributed by atoms with Gasteiger partial charge in [0, 0.05) is 18.4 Å². The molecule has 0 radical (unpaired) electrons. The Morgan fingerprint density at radius 3 is 2.21 bits per heavy atom. The van der Waals surface area contributed by atoms with Gasteiger partial charge in [0.1, 0.15) is 0 Å². The number of nitrogen functional groups attached to an aromatic ring is 1. The molecule has 3 nitrogen and oxygen atoms in total. The smallest absolute Gasteiger partial charge is 0.0540 e. The maximum absolute atomic E-state index is 7.70. The van der Waals surface area contributed by atoms with Crippen molar-refractivity contribution in [3.63, 3.8) is 0 Å². The molecule has 0 saturated heterocycles. The van der Waals surface area contributed by atoms with Crippen molar-refractivity contribution in [1.29, 1.82) is 5.41 Å². The number of rotatable bonds is 3. The van der Waals surface area contributed by atoms with Gasteiger partial charge in [-0.15, -0.1) is 12.4 Å². The Morgan fingerprint density at radius 2 is 1.58 bits per heavy atom. The van der Waals surface area contributed by atoms with Crippen molar-refractivity contribution in [1.82, 2.24) is 0 Å². The number of allylic oxidation sites excluding steroid dienone is 5. The zero-order valence-corrected chi connectivity index (χ0v) is 14.2. The van der Waals surface area contributed by atoms with E-state index < -0.39 is 0 Å². The summed E-state index contributed by atoms with van der Waals surface area (Å²) in [5.74, 6) is 0. The normalized spacial score (nSPS) is 12.7. The molecule has 4 N–H and O–H groups in total. The van der Waals surface area contributed by atoms with Crippen molar-refractivity contribution in [3.8, 4) is 0 Å². The lowest BCUT2D eigenvalue weighted by molar-refractivity contribution is 1.46. The molecule has 0 aromatic heterocycles. The van der Waals surface area contributed by atoms with Gasteiger partial charge in [-0.3, -0.25) is 0 Å². The Kier molecular flexibility index (Phi) is 5.61. The Morgan fingerprint density at radius 1 is 0.917 bits per heavy atom. The van der Waals surface area contributed by atoms with Crippen LogP contribution in [0, 0.1) is 5.41 Å². The van der Waals surface area contributed by atoms with E-state index in [4.69, 9.17) is 11.1 Å². The highest BCUT2D eigenvalue weighted by molar-refractivity contribution is 6.05. The lowest BCUT2D eigenvalue weighted by Gasteiger charge is -2.15. The highest BCUT2D eigenvalue weighted by Crippen LogP contribution is 2.31. The van der Waals surface area contributed by atoms with Crippen LogP contribution in [0.1, 0.15) is 11.1 Å². The van der Waals surface area contributed by atoms with Crippen molar-refractivity contribution >= 4 is 35.1 Å². The fourth-order valence-corrected chi connectivity index (χ4v) is 2.62. The minimum absolute atomic E-state index is 0. The molecule has 2 aromatic rings. The van der Waals surface area contributed by atoms with Gasteiger partial charge < -0.3 is 16.5 Å². The van der Waals surface area contributed by atoms with E-state index in [9.17, 15) is 0 Å². The number of nitrogens with two attached hydrogens (primary N) is 1. The van der Waals surface area contributed by atoms with E-state index in [-0.39, 0.29) is 12.4 Å². The number of hydrogen-bond acceptors (Lipinski definition) is 3. The summed E-state index contributed by atoms with van der Waals surface area (Å²) < 4.78 is 0. The molecular formula is C20H20ClN3. The third-order valence-electron chi connectivity index (χ3n) is 3.81. The Labute approximate surface area is 148 Å². The summed E-state index contributed by atoms with van der Waals surface area (Å²) in [6.45, 7) is 0. The maximum Gasteiger partial charge on any atom is 0.0540 e. The van der Waals surface area contributed by atoms with E-state index in [1.165, 1.54) is 0 Å². The molecule has 2 aromatic carbocycles. The van der Waals surface area contributed by atoms with Gasteiger partial charge in [-0.05, 0) is 58.7 Å². The molecule has 3 rings (SSSR count). The molecule has 24 heavy (non-hydrogen) atoms. The van der Waals surface area contributed by atoms with Crippen LogP contribution >= 0.6 is 12.4 Å². The summed E-state index contributed by atoms with van der Waals surface area (Å²) >= 11 is 0. The van der Waals surface area contributed by atoms with Gasteiger partial charge >= 0.3 is 0 Å². The molecule has 0 fully saturated rings. The first-order valence-electron chi connectivity index (χ1n) is 7.50. The molecule has 0 aliphatic heterocycles. The minimum Gasteiger partial charge on any atom is -0.399 e. The van der Waals surface area contributed by atoms with E-state index in [1.807, 2.05) is 67.7 Å². The zero-order chi connectivity index (χ0) is 16.2. The van der Waals surface area contributed by atoms with E-state index in [2.05, 4.69) is 17.4 Å². The van der Waals surface area contributed by atoms with Crippen molar-refractivity contribution in [3.05, 3.63) is 89.5 Å². The van der Waals surface area contributed by atoms with Crippen LogP contribution in [0.5, 0.6) is 0 Å². The minimum atomic E-state index is 0. The van der Waals surface area contributed by atoms with Crippen LogP contribution in [-0.2, 0) is 0 Å². The first-order valence-corrected chi connectivity index (χ1v) is 7.50. The molecule has 0 atom stereocenters. The summed E-state index contributed by atoms with van der Waals surface area (Å²) in [7, 11) is 1.91. The first-order chi connectivity index (χ1) is 11.2. The second-order valence-corrected chi connectivity index (χ2v) is 5.41. The van der Waals surface area contributed by atoms with Crippen LogP contribution in [0.4, 0.5) is 11.4 Å². The van der Waals surface area contributed by atoms with Crippen molar-refractivity contribution in [2.24, 2.45) is 0 Å². The number of benzene rings is 2. The molecular weight excluding hydrogens is 318 g/mol. The standard InChI is InChI=1S/C20H19N3.ClH/c1-23-19-4-2-3-16(13-19)20(14-5-9-17(21)10-6-14)15-7-11-18(22)12-8-15;/h2-13,21,23H,22H2,1H3;1H. The van der Waals surface area contributed by atoms with Crippen molar-refractivity contribution < 1.29 is 0 Å². The average Bonchev–Trinajstić information content (AvgIpc) is 2.59. The van der Waals surface area contributed by atoms with E-state index in [0.29, 0.717) is 5.71 Å². The molecule has 1 aliphatic carbocycles. The SMILES string of the molecule is CNc1cccc(C(=C2C=CC(=N)C=C2)c2ccc(N)cc2)c1.Cl. The van der Waals surface area contributed by atoms with Crippen LogP contribution < -0.4 is 11.1 Å². The molecule has 0 spiro atoms. The van der Waals surface area contributed by atoms with Gasteiger partial charge in [0.05, 0.1) is 5.71 Å². The van der Waals surface area contributed by atoms with Crippen molar-refractivity contribution in [2.45, 2.75) is 0 Å².